The number of aryl methyl sites for hydroxylation is 2. The number of thiophene rings is 1. The van der Waals surface area contributed by atoms with Crippen LogP contribution in [0, 0.1) is 13.8 Å². The fourth-order valence-corrected chi connectivity index (χ4v) is 5.46. The van der Waals surface area contributed by atoms with Gasteiger partial charge in [0.1, 0.15) is 11.5 Å². The summed E-state index contributed by atoms with van der Waals surface area (Å²) in [5.41, 5.74) is 1.44. The van der Waals surface area contributed by atoms with Gasteiger partial charge in [0.15, 0.2) is 6.07 Å². The molecule has 0 spiro atoms. The molecule has 2 nitrogen and oxygen atoms in total. The average Bonchev–Trinajstić information content (AvgIpc) is 3.08. The molecule has 174 valence electrons. The van der Waals surface area contributed by atoms with E-state index in [4.69, 9.17) is 21.1 Å². The summed E-state index contributed by atoms with van der Waals surface area (Å²) in [5, 5.41) is 0.908. The fraction of sp³-hybridized carbons (Fsp3) is 0.440. The van der Waals surface area contributed by atoms with Crippen molar-refractivity contribution in [2.75, 3.05) is 12.7 Å². The lowest BCUT2D eigenvalue weighted by molar-refractivity contribution is -0.137. The molecular formula is C25H28ClF3O2S. The molecule has 32 heavy (non-hydrogen) atoms. The number of unbranched alkanes of at least 4 members (excludes halogenated alkanes) is 1. The highest BCUT2D eigenvalue weighted by atomic mass is 35.5. The zero-order chi connectivity index (χ0) is 23.3. The van der Waals surface area contributed by atoms with Gasteiger partial charge in [-0.2, -0.15) is 13.2 Å². The molecule has 7 heteroatoms. The maximum Gasteiger partial charge on any atom is 0.416 e. The van der Waals surface area contributed by atoms with Gasteiger partial charge in [-0.1, -0.05) is 37.4 Å². The van der Waals surface area contributed by atoms with Crippen LogP contribution in [0.15, 0.2) is 36.4 Å². The molecule has 0 saturated carbocycles. The van der Waals surface area contributed by atoms with E-state index in [1.165, 1.54) is 28.3 Å². The van der Waals surface area contributed by atoms with Crippen LogP contribution in [0.4, 0.5) is 13.2 Å². The molecule has 0 radical (unpaired) electrons. The highest BCUT2D eigenvalue weighted by Gasteiger charge is 2.31. The van der Waals surface area contributed by atoms with Crippen LogP contribution in [-0.2, 0) is 6.18 Å². The predicted molar refractivity (Wildman–Crippen MR) is 126 cm³/mol. The van der Waals surface area contributed by atoms with Crippen LogP contribution in [0.5, 0.6) is 11.5 Å². The Hall–Kier alpha value is -1.92. The molecule has 1 heterocycles. The second kappa shape index (κ2) is 10.8. The zero-order valence-electron chi connectivity index (χ0n) is 18.5. The molecule has 0 aliphatic rings. The summed E-state index contributed by atoms with van der Waals surface area (Å²) in [4.78, 5) is 1.17. The minimum atomic E-state index is -4.33. The highest BCUT2D eigenvalue weighted by Crippen LogP contribution is 2.41. The van der Waals surface area contributed by atoms with Crippen LogP contribution in [-0.4, -0.2) is 12.7 Å². The number of fused-ring (bicyclic) bond motifs is 1. The number of alkyl halides is 4. The third kappa shape index (κ3) is 5.90. The van der Waals surface area contributed by atoms with Crippen molar-refractivity contribution in [3.05, 3.63) is 58.0 Å². The molecule has 1 aromatic heterocycles. The Balaban J connectivity index is 1.77. The quantitative estimate of drug-likeness (QED) is 0.267. The molecule has 0 bridgehead atoms. The highest BCUT2D eigenvalue weighted by molar-refractivity contribution is 7.19. The minimum Gasteiger partial charge on any atom is -0.494 e. The Labute approximate surface area is 196 Å². The first-order chi connectivity index (χ1) is 15.2. The van der Waals surface area contributed by atoms with Crippen molar-refractivity contribution in [1.29, 1.82) is 0 Å². The molecule has 0 amide bonds. The van der Waals surface area contributed by atoms with Crippen molar-refractivity contribution < 1.29 is 22.6 Å². The number of hydrogen-bond acceptors (Lipinski definition) is 3. The van der Waals surface area contributed by atoms with Crippen molar-refractivity contribution in [3.63, 3.8) is 0 Å². The first kappa shape index (κ1) is 24.7. The zero-order valence-corrected chi connectivity index (χ0v) is 20.1. The number of ether oxygens (including phenoxy) is 2. The fourth-order valence-electron chi connectivity index (χ4n) is 3.92. The summed E-state index contributed by atoms with van der Waals surface area (Å²) in [5.74, 6) is 1.75. The predicted octanol–water partition coefficient (Wildman–Crippen LogP) is 8.85. The summed E-state index contributed by atoms with van der Waals surface area (Å²) < 4.78 is 51.5. The minimum absolute atomic E-state index is 0.0964. The average molecular weight is 485 g/mol. The Bertz CT molecular complexity index is 1050. The van der Waals surface area contributed by atoms with Gasteiger partial charge in [-0.05, 0) is 79.5 Å². The van der Waals surface area contributed by atoms with Crippen LogP contribution in [0.3, 0.4) is 0 Å². The van der Waals surface area contributed by atoms with E-state index in [0.29, 0.717) is 11.3 Å². The molecule has 0 fully saturated rings. The van der Waals surface area contributed by atoms with Gasteiger partial charge in [0, 0.05) is 9.58 Å². The summed E-state index contributed by atoms with van der Waals surface area (Å²) >= 11 is 7.12. The Morgan fingerprint density at radius 3 is 2.47 bits per heavy atom. The van der Waals surface area contributed by atoms with E-state index >= 15 is 0 Å². The van der Waals surface area contributed by atoms with Gasteiger partial charge < -0.3 is 9.47 Å². The third-order valence-electron chi connectivity index (χ3n) is 5.67. The molecule has 3 aromatic rings. The number of benzene rings is 2. The first-order valence-electron chi connectivity index (χ1n) is 10.8. The van der Waals surface area contributed by atoms with Crippen LogP contribution in [0.2, 0.25) is 0 Å². The summed E-state index contributed by atoms with van der Waals surface area (Å²) in [6, 6.07) is 9.78. The number of rotatable bonds is 10. The monoisotopic (exact) mass is 484 g/mol. The number of halogens is 4. The van der Waals surface area contributed by atoms with Gasteiger partial charge in [0.25, 0.3) is 0 Å². The molecule has 1 atom stereocenters. The van der Waals surface area contributed by atoms with E-state index in [9.17, 15) is 13.2 Å². The molecular weight excluding hydrogens is 457 g/mol. The topological polar surface area (TPSA) is 18.5 Å². The first-order valence-corrected chi connectivity index (χ1v) is 12.1. The Kier molecular flexibility index (Phi) is 8.34. The van der Waals surface area contributed by atoms with Crippen molar-refractivity contribution in [2.45, 2.75) is 58.5 Å². The van der Waals surface area contributed by atoms with Crippen molar-refractivity contribution in [3.8, 4) is 11.5 Å². The van der Waals surface area contributed by atoms with Crippen molar-refractivity contribution in [2.24, 2.45) is 0 Å². The molecule has 3 rings (SSSR count). The van der Waals surface area contributed by atoms with E-state index in [0.717, 1.165) is 53.7 Å². The normalized spacial score (nSPS) is 12.8. The SMILES string of the molecule is CCCCC(CCOc1ccc(OCCl)c(C)c1)c1sc2cc(C(F)(F)F)ccc2c1C. The second-order valence-corrected chi connectivity index (χ2v) is 9.26. The third-order valence-corrected chi connectivity index (χ3v) is 7.20. The van der Waals surface area contributed by atoms with E-state index < -0.39 is 11.7 Å². The van der Waals surface area contributed by atoms with E-state index in [1.807, 2.05) is 32.0 Å². The Morgan fingerprint density at radius 1 is 1.03 bits per heavy atom. The van der Waals surface area contributed by atoms with Crippen LogP contribution in [0.1, 0.15) is 60.1 Å². The molecule has 0 N–H and O–H groups in total. The largest absolute Gasteiger partial charge is 0.494 e. The van der Waals surface area contributed by atoms with E-state index in [-0.39, 0.29) is 12.0 Å². The van der Waals surface area contributed by atoms with Crippen molar-refractivity contribution >= 4 is 33.0 Å². The van der Waals surface area contributed by atoms with Crippen LogP contribution in [0.25, 0.3) is 10.1 Å². The van der Waals surface area contributed by atoms with Gasteiger partial charge >= 0.3 is 6.18 Å². The Morgan fingerprint density at radius 2 is 1.81 bits per heavy atom. The van der Waals surface area contributed by atoms with Gasteiger partial charge in [-0.15, -0.1) is 11.3 Å². The van der Waals surface area contributed by atoms with E-state index in [2.05, 4.69) is 6.92 Å². The van der Waals surface area contributed by atoms with Crippen LogP contribution >= 0.6 is 22.9 Å². The molecule has 2 aromatic carbocycles. The van der Waals surface area contributed by atoms with Gasteiger partial charge in [-0.3, -0.25) is 0 Å². The smallest absolute Gasteiger partial charge is 0.416 e. The lowest BCUT2D eigenvalue weighted by atomic mass is 9.94. The van der Waals surface area contributed by atoms with Gasteiger partial charge in [0.2, 0.25) is 0 Å². The molecule has 0 aliphatic heterocycles. The van der Waals surface area contributed by atoms with Gasteiger partial charge in [0.05, 0.1) is 12.2 Å². The standard InChI is InChI=1S/C25H28ClF3O2S/c1-4-5-6-18(11-12-30-20-8-10-22(31-15-26)16(2)13-20)24-17(3)21-9-7-19(25(27,28)29)14-23(21)32-24/h7-10,13-14,18H,4-6,11-12,15H2,1-3H3. The lowest BCUT2D eigenvalue weighted by Gasteiger charge is -2.17. The van der Waals surface area contributed by atoms with Gasteiger partial charge in [-0.25, -0.2) is 0 Å². The summed E-state index contributed by atoms with van der Waals surface area (Å²) in [7, 11) is 0. The summed E-state index contributed by atoms with van der Waals surface area (Å²) in [6.45, 7) is 6.63. The molecule has 0 saturated heterocycles. The molecule has 0 aliphatic carbocycles. The maximum atomic E-state index is 13.1. The second-order valence-electron chi connectivity index (χ2n) is 7.96. The maximum absolute atomic E-state index is 13.1. The van der Waals surface area contributed by atoms with Crippen LogP contribution < -0.4 is 9.47 Å². The molecule has 1 unspecified atom stereocenters. The number of hydrogen-bond donors (Lipinski definition) is 0. The summed E-state index contributed by atoms with van der Waals surface area (Å²) in [6.07, 6.45) is -0.402. The van der Waals surface area contributed by atoms with E-state index in [1.54, 1.807) is 6.07 Å². The van der Waals surface area contributed by atoms with Crippen molar-refractivity contribution in [1.82, 2.24) is 0 Å². The lowest BCUT2D eigenvalue weighted by Crippen LogP contribution is -2.06.